The summed E-state index contributed by atoms with van der Waals surface area (Å²) in [5.74, 6) is 0. The van der Waals surface area contributed by atoms with Crippen LogP contribution in [0.25, 0.3) is 0 Å². The van der Waals surface area contributed by atoms with E-state index in [4.69, 9.17) is 0 Å². The molecular formula is HLiMnNiZr. The molecule has 0 rings (SSSR count). The van der Waals surface area contributed by atoms with Crippen LogP contribution in [-0.2, 0) is 59.8 Å². The second-order valence-corrected chi connectivity index (χ2v) is 0. The third-order valence-electron chi connectivity index (χ3n) is 0. The molecule has 0 fully saturated rings. The summed E-state index contributed by atoms with van der Waals surface area (Å²) in [5.41, 5.74) is 0. The summed E-state index contributed by atoms with van der Waals surface area (Å²) in [4.78, 5) is 0. The maximum absolute atomic E-state index is 0. The minimum absolute atomic E-state index is 0. The molecule has 0 bridgehead atoms. The molecule has 23 valence electrons. The van der Waals surface area contributed by atoms with Crippen molar-refractivity contribution in [2.24, 2.45) is 0 Å². The first-order valence-corrected chi connectivity index (χ1v) is 0. The fourth-order valence-corrected chi connectivity index (χ4v) is 0. The van der Waals surface area contributed by atoms with Gasteiger partial charge in [0.15, 0.2) is 0 Å². The summed E-state index contributed by atoms with van der Waals surface area (Å²) in [6.07, 6.45) is 0. The van der Waals surface area contributed by atoms with Crippen molar-refractivity contribution < 1.29 is 80.1 Å². The van der Waals surface area contributed by atoms with Crippen LogP contribution in [-0.4, -0.2) is 0 Å². The van der Waals surface area contributed by atoms with Gasteiger partial charge in [0, 0.05) is 59.8 Å². The maximum atomic E-state index is 0. The van der Waals surface area contributed by atoms with Crippen molar-refractivity contribution in [3.05, 3.63) is 0 Å². The van der Waals surface area contributed by atoms with Crippen molar-refractivity contribution in [1.29, 1.82) is 0 Å². The van der Waals surface area contributed by atoms with Crippen molar-refractivity contribution in [3.8, 4) is 0 Å². The molecule has 0 aliphatic rings. The third-order valence-corrected chi connectivity index (χ3v) is 0. The monoisotopic (exact) mass is 211 g/mol. The zero-order valence-corrected chi connectivity index (χ0v) is 6.82. The zero-order valence-electron chi connectivity index (χ0n) is 3.19. The Morgan fingerprint density at radius 1 is 1.25 bits per heavy atom. The molecule has 4 heteroatoms. The Kier molecular flexibility index (Phi) is 141. The molecule has 0 aromatic carbocycles. The predicted molar refractivity (Wildman–Crippen MR) is 1.11 cm³/mol. The van der Waals surface area contributed by atoms with Crippen LogP contribution in [0.5, 0.6) is 0 Å². The molecule has 0 saturated carbocycles. The fourth-order valence-electron chi connectivity index (χ4n) is 0. The summed E-state index contributed by atoms with van der Waals surface area (Å²) in [5, 5.41) is 0. The van der Waals surface area contributed by atoms with E-state index < -0.39 is 0 Å². The Bertz CT molecular complexity index is 11.6. The molecular weight excluding hydrogens is 212 g/mol. The van der Waals surface area contributed by atoms with Gasteiger partial charge < -0.3 is 1.43 Å². The van der Waals surface area contributed by atoms with Crippen LogP contribution in [0, 0.1) is 0 Å². The summed E-state index contributed by atoms with van der Waals surface area (Å²) in [6, 6.07) is 0. The van der Waals surface area contributed by atoms with Gasteiger partial charge in [-0.3, -0.25) is 0 Å². The van der Waals surface area contributed by atoms with Gasteiger partial charge in [0.1, 0.15) is 0 Å². The Balaban J connectivity index is 0. The second-order valence-electron chi connectivity index (χ2n) is 0. The molecule has 0 amide bonds. The van der Waals surface area contributed by atoms with Gasteiger partial charge in [0.05, 0.1) is 0 Å². The minimum atomic E-state index is 0. The van der Waals surface area contributed by atoms with Crippen LogP contribution in [0.4, 0.5) is 0 Å². The van der Waals surface area contributed by atoms with Crippen LogP contribution in [0.2, 0.25) is 0 Å². The van der Waals surface area contributed by atoms with Gasteiger partial charge >= 0.3 is 18.9 Å². The summed E-state index contributed by atoms with van der Waals surface area (Å²) >= 11 is 0. The van der Waals surface area contributed by atoms with Gasteiger partial charge in [-0.05, 0) is 0 Å². The Labute approximate surface area is 79.0 Å². The van der Waals surface area contributed by atoms with E-state index in [9.17, 15) is 0 Å². The van der Waals surface area contributed by atoms with Gasteiger partial charge in [-0.2, -0.15) is 0 Å². The van der Waals surface area contributed by atoms with E-state index in [0.717, 1.165) is 0 Å². The SMILES string of the molecule is [H-].[Li+].[Mn].[Ni].[Zr]. The van der Waals surface area contributed by atoms with Crippen molar-refractivity contribution in [2.45, 2.75) is 0 Å². The van der Waals surface area contributed by atoms with Crippen LogP contribution in [0.1, 0.15) is 1.43 Å². The van der Waals surface area contributed by atoms with Crippen LogP contribution in [0.15, 0.2) is 0 Å². The van der Waals surface area contributed by atoms with E-state index in [2.05, 4.69) is 0 Å². The standard InChI is InChI=1S/Li.Mn.Ni.Zr.H/q+1;;;;-1. The van der Waals surface area contributed by atoms with Crippen LogP contribution >= 0.6 is 0 Å². The molecule has 0 spiro atoms. The maximum Gasteiger partial charge on any atom is 1.00 e. The molecule has 4 heavy (non-hydrogen) atoms. The van der Waals surface area contributed by atoms with Crippen molar-refractivity contribution in [3.63, 3.8) is 0 Å². The first kappa shape index (κ1) is 31.5. The van der Waals surface area contributed by atoms with Crippen molar-refractivity contribution in [1.82, 2.24) is 0 Å². The average molecular weight is 213 g/mol. The molecule has 0 unspecified atom stereocenters. The zero-order chi connectivity index (χ0) is 0. The second kappa shape index (κ2) is 17.8. The molecule has 0 aliphatic heterocycles. The van der Waals surface area contributed by atoms with Crippen molar-refractivity contribution in [2.75, 3.05) is 0 Å². The van der Waals surface area contributed by atoms with Gasteiger partial charge in [-0.1, -0.05) is 0 Å². The minimum Gasteiger partial charge on any atom is -1.00 e. The van der Waals surface area contributed by atoms with E-state index in [1.807, 2.05) is 0 Å². The molecule has 0 aliphatic carbocycles. The molecule has 0 aromatic rings. The van der Waals surface area contributed by atoms with Gasteiger partial charge in [0.25, 0.3) is 0 Å². The van der Waals surface area contributed by atoms with Crippen molar-refractivity contribution >= 4 is 0 Å². The van der Waals surface area contributed by atoms with E-state index in [-0.39, 0.29) is 80.1 Å². The molecule has 0 N–H and O–H groups in total. The smallest absolute Gasteiger partial charge is 1.00 e. The number of hydrogen-bond acceptors (Lipinski definition) is 0. The average Bonchev–Trinajstić information content (AvgIpc) is 0. The summed E-state index contributed by atoms with van der Waals surface area (Å²) in [7, 11) is 0. The molecule has 0 atom stereocenters. The van der Waals surface area contributed by atoms with Crippen LogP contribution < -0.4 is 18.9 Å². The predicted octanol–water partition coefficient (Wildman–Crippen LogP) is -2.89. The fraction of sp³-hybridized carbons (Fsp3) is 0. The third kappa shape index (κ3) is 8.82. The largest absolute Gasteiger partial charge is 1.00 e. The Morgan fingerprint density at radius 3 is 1.25 bits per heavy atom. The van der Waals surface area contributed by atoms with Crippen LogP contribution in [0.3, 0.4) is 0 Å². The van der Waals surface area contributed by atoms with Gasteiger partial charge in [-0.25, -0.2) is 0 Å². The quantitative estimate of drug-likeness (QED) is 0.379. The number of hydrogen-bond donors (Lipinski definition) is 0. The normalized spacial score (nSPS) is 0. The first-order valence-electron chi connectivity index (χ1n) is 0. The molecule has 0 heterocycles. The molecule has 0 saturated heterocycles. The molecule has 1 radical (unpaired) electrons. The molecule has 0 nitrogen and oxygen atoms in total. The van der Waals surface area contributed by atoms with E-state index >= 15 is 0 Å². The Morgan fingerprint density at radius 2 is 1.25 bits per heavy atom. The van der Waals surface area contributed by atoms with Gasteiger partial charge in [0.2, 0.25) is 0 Å². The summed E-state index contributed by atoms with van der Waals surface area (Å²) in [6.45, 7) is 0. The summed E-state index contributed by atoms with van der Waals surface area (Å²) < 4.78 is 0. The van der Waals surface area contributed by atoms with E-state index in [1.165, 1.54) is 0 Å². The van der Waals surface area contributed by atoms with Gasteiger partial charge in [-0.15, -0.1) is 0 Å². The van der Waals surface area contributed by atoms with E-state index in [0.29, 0.717) is 0 Å². The first-order chi connectivity index (χ1) is 0. The topological polar surface area (TPSA) is 0 Å². The number of rotatable bonds is 0. The van der Waals surface area contributed by atoms with E-state index in [1.54, 1.807) is 0 Å². The molecule has 0 aromatic heterocycles. The Hall–Kier alpha value is 2.49.